The molecule has 0 aliphatic carbocycles. The van der Waals surface area contributed by atoms with Gasteiger partial charge in [-0.3, -0.25) is 19.9 Å². The first-order chi connectivity index (χ1) is 22.6. The highest BCUT2D eigenvalue weighted by Gasteiger charge is 2.44. The van der Waals surface area contributed by atoms with Crippen LogP contribution in [0.4, 0.5) is 11.4 Å². The molecular weight excluding hydrogens is 645 g/mol. The first kappa shape index (κ1) is 32.9. The fraction of sp³-hybridized carbons (Fsp3) is 0.412. The van der Waals surface area contributed by atoms with Gasteiger partial charge in [0.1, 0.15) is 22.9 Å². The van der Waals surface area contributed by atoms with Crippen molar-refractivity contribution in [3.05, 3.63) is 67.0 Å². The van der Waals surface area contributed by atoms with Crippen molar-refractivity contribution in [2.24, 2.45) is 5.41 Å². The van der Waals surface area contributed by atoms with E-state index in [1.54, 1.807) is 42.1 Å². The number of aryl methyl sites for hydroxylation is 1. The highest BCUT2D eigenvalue weighted by atomic mass is 35.5. The number of anilines is 1. The van der Waals surface area contributed by atoms with E-state index < -0.39 is 0 Å². The molecule has 6 rings (SSSR count). The molecule has 2 saturated heterocycles. The number of hydrogen-bond donors (Lipinski definition) is 0. The van der Waals surface area contributed by atoms with E-state index in [1.807, 2.05) is 6.92 Å². The molecule has 47 heavy (non-hydrogen) atoms. The van der Waals surface area contributed by atoms with Crippen LogP contribution in [0, 0.1) is 15.5 Å². The molecule has 4 aromatic rings. The minimum Gasteiger partial charge on any atom is -0.496 e. The highest BCUT2D eigenvalue weighted by molar-refractivity contribution is 6.41. The average molecular weight is 683 g/mol. The van der Waals surface area contributed by atoms with Gasteiger partial charge in [0.2, 0.25) is 0 Å². The maximum Gasteiger partial charge on any atom is 0.293 e. The van der Waals surface area contributed by atoms with Gasteiger partial charge in [-0.25, -0.2) is 0 Å². The lowest BCUT2D eigenvalue weighted by atomic mass is 9.86. The van der Waals surface area contributed by atoms with Gasteiger partial charge in [-0.15, -0.1) is 0 Å². The number of halogens is 2. The number of fused-ring (bicyclic) bond motifs is 1. The van der Waals surface area contributed by atoms with E-state index in [1.165, 1.54) is 20.3 Å². The normalized spacial score (nSPS) is 18.0. The summed E-state index contributed by atoms with van der Waals surface area (Å²) in [5.74, 6) is 1.08. The molecule has 0 saturated carbocycles. The first-order valence-corrected chi connectivity index (χ1v) is 16.3. The number of likely N-dealkylation sites (tertiary alicyclic amines) is 1. The van der Waals surface area contributed by atoms with E-state index in [9.17, 15) is 14.9 Å². The van der Waals surface area contributed by atoms with E-state index in [-0.39, 0.29) is 37.2 Å². The van der Waals surface area contributed by atoms with E-state index in [0.717, 1.165) is 45.6 Å². The third-order valence-corrected chi connectivity index (χ3v) is 10.4. The number of benzene rings is 2. The fourth-order valence-electron chi connectivity index (χ4n) is 7.13. The Kier molecular flexibility index (Phi) is 8.99. The molecular formula is C34H37Cl2N5O6. The summed E-state index contributed by atoms with van der Waals surface area (Å²) in [5, 5.41) is 13.5. The number of ether oxygens (including phenoxy) is 3. The van der Waals surface area contributed by atoms with Gasteiger partial charge in [-0.1, -0.05) is 30.1 Å². The van der Waals surface area contributed by atoms with Crippen LogP contribution in [0.15, 0.2) is 41.3 Å². The number of nitrogens with zero attached hydrogens (tertiary/aromatic N) is 5. The molecule has 2 aromatic carbocycles. The second-order valence-electron chi connectivity index (χ2n) is 12.1. The van der Waals surface area contributed by atoms with Crippen molar-refractivity contribution in [3.63, 3.8) is 0 Å². The Bertz CT molecular complexity index is 1920. The molecule has 1 unspecified atom stereocenters. The molecule has 0 bridgehead atoms. The van der Waals surface area contributed by atoms with Crippen LogP contribution >= 0.6 is 23.2 Å². The Morgan fingerprint density at radius 2 is 1.57 bits per heavy atom. The lowest BCUT2D eigenvalue weighted by Crippen LogP contribution is -2.31. The second kappa shape index (κ2) is 12.9. The van der Waals surface area contributed by atoms with Gasteiger partial charge in [0.15, 0.2) is 0 Å². The number of nitro benzene ring substituents is 1. The number of pyridine rings is 2. The van der Waals surface area contributed by atoms with Crippen LogP contribution in [0.25, 0.3) is 33.3 Å². The number of rotatable bonds is 9. The standard InChI is InChI=1S/C34H37Cl2N5O6/c1-6-38-10-8-34(18-38)9-11-39(19-34)25-15-27(45-3)21(13-26(25)41(43)44)23-14-24-20(17-37-23)12-22(33(42)40(24)7-2)30-31(35)28(46-4)16-29(47-5)32(30)36/h12-17H,6-11,18-19H2,1-5H3. The maximum absolute atomic E-state index is 14.0. The molecule has 0 radical (unpaired) electrons. The zero-order valence-corrected chi connectivity index (χ0v) is 28.6. The van der Waals surface area contributed by atoms with Crippen LogP contribution < -0.4 is 24.7 Å². The largest absolute Gasteiger partial charge is 0.496 e. The minimum atomic E-state index is -0.346. The fourth-order valence-corrected chi connectivity index (χ4v) is 7.84. The van der Waals surface area contributed by atoms with Crippen molar-refractivity contribution in [2.45, 2.75) is 33.2 Å². The van der Waals surface area contributed by atoms with Crippen molar-refractivity contribution in [2.75, 3.05) is 59.0 Å². The number of nitro groups is 1. The lowest BCUT2D eigenvalue weighted by Gasteiger charge is -2.25. The molecule has 1 spiro atoms. The van der Waals surface area contributed by atoms with Gasteiger partial charge in [-0.2, -0.15) is 0 Å². The number of methoxy groups -OCH3 is 3. The van der Waals surface area contributed by atoms with Crippen LogP contribution in [0.5, 0.6) is 17.2 Å². The molecule has 11 nitrogen and oxygen atoms in total. The Morgan fingerprint density at radius 1 is 0.894 bits per heavy atom. The Hall–Kier alpha value is -4.06. The monoisotopic (exact) mass is 681 g/mol. The van der Waals surface area contributed by atoms with Gasteiger partial charge in [0, 0.05) is 72.5 Å². The summed E-state index contributed by atoms with van der Waals surface area (Å²) < 4.78 is 18.2. The summed E-state index contributed by atoms with van der Waals surface area (Å²) in [6.45, 7) is 8.93. The highest BCUT2D eigenvalue weighted by Crippen LogP contribution is 2.47. The number of aromatic nitrogens is 2. The summed E-state index contributed by atoms with van der Waals surface area (Å²) >= 11 is 13.4. The zero-order chi connectivity index (χ0) is 33.6. The smallest absolute Gasteiger partial charge is 0.293 e. The summed E-state index contributed by atoms with van der Waals surface area (Å²) in [6, 6.07) is 8.28. The Morgan fingerprint density at radius 3 is 2.17 bits per heavy atom. The van der Waals surface area contributed by atoms with Crippen LogP contribution in [0.3, 0.4) is 0 Å². The average Bonchev–Trinajstić information content (AvgIpc) is 3.69. The van der Waals surface area contributed by atoms with Crippen LogP contribution in [0.1, 0.15) is 26.7 Å². The molecule has 13 heteroatoms. The summed E-state index contributed by atoms with van der Waals surface area (Å²) in [5.41, 5.74) is 2.37. The predicted molar refractivity (Wildman–Crippen MR) is 185 cm³/mol. The van der Waals surface area contributed by atoms with Crippen LogP contribution in [-0.4, -0.2) is 73.4 Å². The summed E-state index contributed by atoms with van der Waals surface area (Å²) in [7, 11) is 4.48. The SMILES string of the molecule is CCN1CCC2(CCN(c3cc(OC)c(-c4cc5c(cn4)cc(-c4c(Cl)c(OC)cc(OC)c4Cl)c(=O)n5CC)cc3[N+](=O)[O-])C2)C1. The van der Waals surface area contributed by atoms with Crippen LogP contribution in [0.2, 0.25) is 10.0 Å². The summed E-state index contributed by atoms with van der Waals surface area (Å²) in [4.78, 5) is 35.4. The third-order valence-electron chi connectivity index (χ3n) is 9.65. The maximum atomic E-state index is 14.0. The molecule has 0 N–H and O–H groups in total. The molecule has 2 aliphatic heterocycles. The van der Waals surface area contributed by atoms with E-state index in [4.69, 9.17) is 37.4 Å². The molecule has 248 valence electrons. The van der Waals surface area contributed by atoms with Gasteiger partial charge < -0.3 is 28.6 Å². The van der Waals surface area contributed by atoms with Crippen molar-refractivity contribution in [1.29, 1.82) is 0 Å². The first-order valence-electron chi connectivity index (χ1n) is 15.6. The quantitative estimate of drug-likeness (QED) is 0.137. The Labute approximate surface area is 282 Å². The molecule has 2 aromatic heterocycles. The zero-order valence-electron chi connectivity index (χ0n) is 27.1. The van der Waals surface area contributed by atoms with Crippen LogP contribution in [-0.2, 0) is 6.54 Å². The van der Waals surface area contributed by atoms with Gasteiger partial charge in [0.05, 0.1) is 53.1 Å². The van der Waals surface area contributed by atoms with Crippen molar-refractivity contribution >= 4 is 45.5 Å². The molecule has 4 heterocycles. The minimum absolute atomic E-state index is 0.00965. The number of hydrogen-bond acceptors (Lipinski definition) is 9. The summed E-state index contributed by atoms with van der Waals surface area (Å²) in [6.07, 6.45) is 3.71. The van der Waals surface area contributed by atoms with E-state index in [2.05, 4.69) is 21.7 Å². The van der Waals surface area contributed by atoms with Crippen molar-refractivity contribution in [3.8, 4) is 39.6 Å². The van der Waals surface area contributed by atoms with Gasteiger partial charge in [0.25, 0.3) is 11.2 Å². The second-order valence-corrected chi connectivity index (χ2v) is 12.9. The van der Waals surface area contributed by atoms with Crippen molar-refractivity contribution < 1.29 is 19.1 Å². The molecule has 0 amide bonds. The lowest BCUT2D eigenvalue weighted by molar-refractivity contribution is -0.384. The molecule has 2 aliphatic rings. The van der Waals surface area contributed by atoms with E-state index in [0.29, 0.717) is 57.2 Å². The molecule has 2 fully saturated rings. The molecule has 1 atom stereocenters. The predicted octanol–water partition coefficient (Wildman–Crippen LogP) is 6.91. The van der Waals surface area contributed by atoms with Crippen molar-refractivity contribution in [1.82, 2.24) is 14.5 Å². The topological polar surface area (TPSA) is 112 Å². The van der Waals surface area contributed by atoms with E-state index >= 15 is 0 Å². The third kappa shape index (κ3) is 5.64. The Balaban J connectivity index is 1.46. The van der Waals surface area contributed by atoms with Gasteiger partial charge in [-0.05, 0) is 45.0 Å². The van der Waals surface area contributed by atoms with Gasteiger partial charge >= 0.3 is 0 Å².